The number of quaternary nitrogens is 2. The van der Waals surface area contributed by atoms with Gasteiger partial charge < -0.3 is 14.5 Å². The first-order valence-electron chi connectivity index (χ1n) is 9.83. The molecule has 0 unspecified atom stereocenters. The molecule has 1 aliphatic heterocycles. The van der Waals surface area contributed by atoms with Gasteiger partial charge in [-0.2, -0.15) is 9.78 Å². The lowest BCUT2D eigenvalue weighted by atomic mass is 10.1. The summed E-state index contributed by atoms with van der Waals surface area (Å²) in [7, 11) is 1.63. The molecule has 1 aromatic heterocycles. The number of piperazine rings is 1. The number of benzene rings is 2. The minimum atomic E-state index is -0.215. The largest absolute Gasteiger partial charge is 0.496 e. The number of halogens is 1. The molecular weight excluding hydrogens is 389 g/mol. The highest BCUT2D eigenvalue weighted by Crippen LogP contribution is 2.18. The lowest BCUT2D eigenvalue weighted by molar-refractivity contribution is -1.03. The van der Waals surface area contributed by atoms with Crippen molar-refractivity contribution in [2.45, 2.75) is 13.2 Å². The first kappa shape index (κ1) is 19.8. The molecule has 3 aromatic rings. The second-order valence-electron chi connectivity index (χ2n) is 7.41. The van der Waals surface area contributed by atoms with Gasteiger partial charge in [0.15, 0.2) is 6.67 Å². The van der Waals surface area contributed by atoms with Crippen LogP contribution in [-0.4, -0.2) is 47.6 Å². The maximum absolute atomic E-state index is 13.6. The van der Waals surface area contributed by atoms with E-state index in [0.717, 1.165) is 56.4 Å². The molecule has 0 bridgehead atoms. The molecule has 4 rings (SSSR count). The van der Waals surface area contributed by atoms with Crippen molar-refractivity contribution in [2.24, 2.45) is 0 Å². The van der Waals surface area contributed by atoms with E-state index < -0.39 is 0 Å². The Balaban J connectivity index is 1.36. The van der Waals surface area contributed by atoms with Crippen LogP contribution in [0.1, 0.15) is 5.56 Å². The number of hydrogen-bond acceptors (Lipinski definition) is 3. The van der Waals surface area contributed by atoms with Gasteiger partial charge in [0.1, 0.15) is 50.6 Å². The summed E-state index contributed by atoms with van der Waals surface area (Å²) in [6, 6.07) is 14.8. The van der Waals surface area contributed by atoms with Gasteiger partial charge in [-0.05, 0) is 42.5 Å². The monoisotopic (exact) mass is 415 g/mol. The van der Waals surface area contributed by atoms with Crippen LogP contribution in [0, 0.1) is 10.6 Å². The minimum absolute atomic E-state index is 0.215. The van der Waals surface area contributed by atoms with Crippen LogP contribution >= 0.6 is 12.2 Å². The number of rotatable bonds is 6. The Morgan fingerprint density at radius 3 is 2.52 bits per heavy atom. The van der Waals surface area contributed by atoms with Gasteiger partial charge in [-0.25, -0.2) is 4.39 Å². The maximum Gasteiger partial charge on any atom is 0.207 e. The van der Waals surface area contributed by atoms with Gasteiger partial charge >= 0.3 is 0 Å². The summed E-state index contributed by atoms with van der Waals surface area (Å²) >= 11 is 5.62. The Morgan fingerprint density at radius 2 is 1.79 bits per heavy atom. The third kappa shape index (κ3) is 4.55. The molecule has 2 N–H and O–H groups in total. The third-order valence-electron chi connectivity index (χ3n) is 5.49. The lowest BCUT2D eigenvalue weighted by Crippen LogP contribution is -3.27. The van der Waals surface area contributed by atoms with Crippen LogP contribution in [0.25, 0.3) is 5.69 Å². The zero-order chi connectivity index (χ0) is 20.2. The van der Waals surface area contributed by atoms with Crippen molar-refractivity contribution in [3.05, 3.63) is 71.0 Å². The number of methoxy groups -OCH3 is 1. The second kappa shape index (κ2) is 8.86. The van der Waals surface area contributed by atoms with Crippen molar-refractivity contribution < 1.29 is 18.9 Å². The van der Waals surface area contributed by atoms with E-state index >= 15 is 0 Å². The van der Waals surface area contributed by atoms with E-state index in [1.807, 2.05) is 39.6 Å². The Bertz CT molecular complexity index is 1010. The van der Waals surface area contributed by atoms with Gasteiger partial charge in [-0.1, -0.05) is 18.2 Å². The van der Waals surface area contributed by atoms with Crippen molar-refractivity contribution in [3.8, 4) is 11.4 Å². The average Bonchev–Trinajstić information content (AvgIpc) is 3.10. The SMILES string of the molecule is COc1ccc(F)cc1C[NH+]1CC[NH+](Cn2ncn(-c3ccccc3)c2=S)CC1. The molecule has 1 fully saturated rings. The molecule has 0 atom stereocenters. The third-order valence-corrected chi connectivity index (χ3v) is 5.90. The van der Waals surface area contributed by atoms with Crippen LogP contribution in [0.15, 0.2) is 54.9 Å². The number of nitrogens with zero attached hydrogens (tertiary/aromatic N) is 3. The molecule has 152 valence electrons. The number of para-hydroxylation sites is 1. The molecular formula is C21H26FN5OS+2. The van der Waals surface area contributed by atoms with Gasteiger partial charge in [0.25, 0.3) is 0 Å². The molecule has 6 nitrogen and oxygen atoms in total. The molecule has 1 saturated heterocycles. The fraction of sp³-hybridized carbons (Fsp3) is 0.333. The lowest BCUT2D eigenvalue weighted by Gasteiger charge is -2.29. The summed E-state index contributed by atoms with van der Waals surface area (Å²) in [6.07, 6.45) is 1.79. The molecule has 29 heavy (non-hydrogen) atoms. The predicted molar refractivity (Wildman–Crippen MR) is 110 cm³/mol. The van der Waals surface area contributed by atoms with E-state index in [1.165, 1.54) is 15.9 Å². The van der Waals surface area contributed by atoms with Crippen LogP contribution in [0.4, 0.5) is 4.39 Å². The van der Waals surface area contributed by atoms with Crippen molar-refractivity contribution in [2.75, 3.05) is 33.3 Å². The quantitative estimate of drug-likeness (QED) is 0.576. The smallest absolute Gasteiger partial charge is 0.207 e. The van der Waals surface area contributed by atoms with E-state index in [4.69, 9.17) is 17.0 Å². The molecule has 0 amide bonds. The first-order valence-corrected chi connectivity index (χ1v) is 10.2. The molecule has 2 heterocycles. The van der Waals surface area contributed by atoms with Crippen molar-refractivity contribution in [1.82, 2.24) is 14.3 Å². The maximum atomic E-state index is 13.6. The van der Waals surface area contributed by atoms with E-state index in [0.29, 0.717) is 4.77 Å². The molecule has 2 aromatic carbocycles. The standard InChI is InChI=1S/C21H24FN5OS/c1-28-20-8-7-18(22)13-17(20)14-24-9-11-25(12-10-24)16-27-21(29)26(15-23-27)19-5-3-2-4-6-19/h2-8,13,15H,9-12,14,16H2,1H3/p+2. The topological polar surface area (TPSA) is 40.9 Å². The summed E-state index contributed by atoms with van der Waals surface area (Å²) in [6.45, 7) is 5.61. The van der Waals surface area contributed by atoms with Crippen molar-refractivity contribution in [1.29, 1.82) is 0 Å². The van der Waals surface area contributed by atoms with Gasteiger partial charge in [0, 0.05) is 5.69 Å². The van der Waals surface area contributed by atoms with E-state index in [-0.39, 0.29) is 5.82 Å². The zero-order valence-electron chi connectivity index (χ0n) is 16.5. The van der Waals surface area contributed by atoms with Crippen LogP contribution in [0.2, 0.25) is 0 Å². The van der Waals surface area contributed by atoms with E-state index in [2.05, 4.69) is 5.10 Å². The number of aromatic nitrogens is 3. The normalized spacial score (nSPS) is 19.2. The summed E-state index contributed by atoms with van der Waals surface area (Å²) in [5, 5.41) is 4.49. The highest BCUT2D eigenvalue weighted by Gasteiger charge is 2.25. The molecule has 0 spiro atoms. The van der Waals surface area contributed by atoms with Crippen molar-refractivity contribution >= 4 is 12.2 Å². The van der Waals surface area contributed by atoms with Crippen LogP contribution in [0.5, 0.6) is 5.75 Å². The molecule has 0 saturated carbocycles. The summed E-state index contributed by atoms with van der Waals surface area (Å²) < 4.78 is 23.5. The fourth-order valence-electron chi connectivity index (χ4n) is 3.87. The van der Waals surface area contributed by atoms with Gasteiger partial charge in [-0.3, -0.25) is 4.57 Å². The second-order valence-corrected chi connectivity index (χ2v) is 7.77. The summed E-state index contributed by atoms with van der Waals surface area (Å²) in [4.78, 5) is 2.89. The van der Waals surface area contributed by atoms with Gasteiger partial charge in [0.05, 0.1) is 12.7 Å². The fourth-order valence-corrected chi connectivity index (χ4v) is 4.13. The number of ether oxygens (including phenoxy) is 1. The van der Waals surface area contributed by atoms with Crippen LogP contribution in [-0.2, 0) is 13.2 Å². The average molecular weight is 416 g/mol. The molecule has 8 heteroatoms. The highest BCUT2D eigenvalue weighted by atomic mass is 32.1. The Labute approximate surface area is 174 Å². The minimum Gasteiger partial charge on any atom is -0.496 e. The number of nitrogens with one attached hydrogen (secondary N) is 2. The first-order chi connectivity index (χ1) is 14.1. The van der Waals surface area contributed by atoms with Crippen molar-refractivity contribution in [3.63, 3.8) is 0 Å². The number of hydrogen-bond donors (Lipinski definition) is 2. The molecule has 0 radical (unpaired) electrons. The van der Waals surface area contributed by atoms with E-state index in [9.17, 15) is 4.39 Å². The van der Waals surface area contributed by atoms with Gasteiger partial charge in [0.2, 0.25) is 4.77 Å². The summed E-state index contributed by atoms with van der Waals surface area (Å²) in [5.74, 6) is 0.541. The highest BCUT2D eigenvalue weighted by molar-refractivity contribution is 7.71. The van der Waals surface area contributed by atoms with Crippen LogP contribution < -0.4 is 14.5 Å². The summed E-state index contributed by atoms with van der Waals surface area (Å²) in [5.41, 5.74) is 1.95. The van der Waals surface area contributed by atoms with Crippen LogP contribution in [0.3, 0.4) is 0 Å². The van der Waals surface area contributed by atoms with Gasteiger partial charge in [-0.15, -0.1) is 0 Å². The predicted octanol–water partition coefficient (Wildman–Crippen LogP) is 0.492. The Morgan fingerprint density at radius 1 is 1.07 bits per heavy atom. The Kier molecular flexibility index (Phi) is 6.03. The molecule has 1 aliphatic rings. The molecule has 0 aliphatic carbocycles. The Hall–Kier alpha value is -2.55. The zero-order valence-corrected chi connectivity index (χ0v) is 17.3. The van der Waals surface area contributed by atoms with E-state index in [1.54, 1.807) is 25.6 Å².